The van der Waals surface area contributed by atoms with Gasteiger partial charge in [-0.1, -0.05) is 243 Å². The normalized spacial score (nSPS) is 11.5. The number of rotatable bonds is 13. The Morgan fingerprint density at radius 2 is 0.333 bits per heavy atom. The Morgan fingerprint density at radius 1 is 0.125 bits per heavy atom. The molecule has 0 amide bonds. The summed E-state index contributed by atoms with van der Waals surface area (Å²) < 4.78 is 0. The van der Waals surface area contributed by atoms with Crippen molar-refractivity contribution in [3.05, 3.63) is 376 Å². The number of hydrogen-bond donors (Lipinski definition) is 0. The highest BCUT2D eigenvalue weighted by Gasteiger charge is 2.23. The second-order valence-electron chi connectivity index (χ2n) is 24.9. The largest absolute Gasteiger partial charge is 0.310 e. The van der Waals surface area contributed by atoms with Gasteiger partial charge < -0.3 is 19.6 Å². The van der Waals surface area contributed by atoms with Crippen LogP contribution < -0.4 is 19.6 Å². The van der Waals surface area contributed by atoms with Gasteiger partial charge in [0.25, 0.3) is 0 Å². The van der Waals surface area contributed by atoms with Crippen molar-refractivity contribution in [2.24, 2.45) is 0 Å². The summed E-state index contributed by atoms with van der Waals surface area (Å²) in [6.45, 7) is 0. The fourth-order valence-electron chi connectivity index (χ4n) is 14.6. The van der Waals surface area contributed by atoms with Gasteiger partial charge in [-0.15, -0.1) is 0 Å². The van der Waals surface area contributed by atoms with Crippen molar-refractivity contribution in [2.45, 2.75) is 0 Å². The van der Waals surface area contributed by atoms with E-state index in [0.29, 0.717) is 0 Å². The maximum atomic E-state index is 2.43. The third kappa shape index (κ3) is 10.1. The lowest BCUT2D eigenvalue weighted by Crippen LogP contribution is -2.13. The van der Waals surface area contributed by atoms with Crippen molar-refractivity contribution in [3.8, 4) is 11.1 Å². The van der Waals surface area contributed by atoms with E-state index in [9.17, 15) is 0 Å². The molecule has 18 aromatic carbocycles. The van der Waals surface area contributed by atoms with Crippen LogP contribution in [0.25, 0.3) is 97.3 Å². The topological polar surface area (TPSA) is 13.0 Å². The van der Waals surface area contributed by atoms with E-state index in [-0.39, 0.29) is 0 Å². The summed E-state index contributed by atoms with van der Waals surface area (Å²) >= 11 is 0. The number of anilines is 12. The molecule has 0 N–H and O–H groups in total. The van der Waals surface area contributed by atoms with Crippen LogP contribution in [0.15, 0.2) is 376 Å². The predicted octanol–water partition coefficient (Wildman–Crippen LogP) is 26.5. The molecule has 0 aliphatic rings. The van der Waals surface area contributed by atoms with E-state index in [1.54, 1.807) is 0 Å². The van der Waals surface area contributed by atoms with Gasteiger partial charge >= 0.3 is 0 Å². The van der Waals surface area contributed by atoms with Gasteiger partial charge in [0, 0.05) is 67.6 Å². The van der Waals surface area contributed by atoms with Gasteiger partial charge in [-0.25, -0.2) is 0 Å². The van der Waals surface area contributed by atoms with E-state index >= 15 is 0 Å². The van der Waals surface area contributed by atoms with Gasteiger partial charge in [0.15, 0.2) is 0 Å². The van der Waals surface area contributed by atoms with Gasteiger partial charge in [0.05, 0.1) is 11.4 Å². The molecule has 4 nitrogen and oxygen atoms in total. The third-order valence-electron chi connectivity index (χ3n) is 19.3. The predicted molar refractivity (Wildman–Crippen MR) is 411 cm³/mol. The van der Waals surface area contributed by atoms with Gasteiger partial charge in [-0.2, -0.15) is 0 Å². The Balaban J connectivity index is 0.706. The Labute approximate surface area is 557 Å². The summed E-state index contributed by atoms with van der Waals surface area (Å²) in [6, 6.07) is 138. The molecule has 0 radical (unpaired) electrons. The molecule has 0 saturated heterocycles. The highest BCUT2D eigenvalue weighted by Crippen LogP contribution is 2.48. The van der Waals surface area contributed by atoms with Crippen LogP contribution in [-0.4, -0.2) is 0 Å². The second-order valence-corrected chi connectivity index (χ2v) is 24.9. The summed E-state index contributed by atoms with van der Waals surface area (Å²) in [5.74, 6) is 0. The zero-order chi connectivity index (χ0) is 63.5. The van der Waals surface area contributed by atoms with Crippen LogP contribution in [0, 0.1) is 0 Å². The molecular formula is C92H62N4. The van der Waals surface area contributed by atoms with E-state index in [1.807, 2.05) is 0 Å². The lowest BCUT2D eigenvalue weighted by Gasteiger charge is -2.30. The van der Waals surface area contributed by atoms with Gasteiger partial charge in [-0.3, -0.25) is 0 Å². The van der Waals surface area contributed by atoms with E-state index in [1.165, 1.54) is 86.2 Å². The molecule has 0 aliphatic carbocycles. The average molecular weight is 1220 g/mol. The first kappa shape index (κ1) is 56.0. The van der Waals surface area contributed by atoms with Gasteiger partial charge in [0.1, 0.15) is 0 Å². The molecule has 0 heterocycles. The molecule has 0 aliphatic heterocycles. The van der Waals surface area contributed by atoms with Crippen LogP contribution in [0.2, 0.25) is 0 Å². The minimum absolute atomic E-state index is 1.05. The number of fused-ring (bicyclic) bond motifs is 10. The molecular weight excluding hydrogens is 1160 g/mol. The van der Waals surface area contributed by atoms with Crippen molar-refractivity contribution in [3.63, 3.8) is 0 Å². The summed E-state index contributed by atoms with van der Waals surface area (Å²) in [7, 11) is 0. The summed E-state index contributed by atoms with van der Waals surface area (Å²) in [6.07, 6.45) is 0. The zero-order valence-electron chi connectivity index (χ0n) is 52.6. The van der Waals surface area contributed by atoms with Crippen molar-refractivity contribution in [1.82, 2.24) is 0 Å². The number of nitrogens with zero attached hydrogens (tertiary/aromatic N) is 4. The maximum absolute atomic E-state index is 2.43. The molecule has 18 rings (SSSR count). The molecule has 0 aromatic heterocycles. The fourth-order valence-corrected chi connectivity index (χ4v) is 14.6. The SMILES string of the molecule is c1ccc2cc(N(c3ccc(-c4ccc(N(c5ccc(N(c6ccc7ccccc7c6)c6cc7ccccc7c7ccccc67)cc5)c5ccc6ccccc6c5)cc4)cc3)c3ccc(N(c4ccc5ccccc5c4)c4cc5ccccc5c5ccccc45)cc3)ccc2c1. The summed E-state index contributed by atoms with van der Waals surface area (Å²) in [5.41, 5.74) is 15.2. The van der Waals surface area contributed by atoms with Crippen LogP contribution in [-0.2, 0) is 0 Å². The van der Waals surface area contributed by atoms with E-state index in [0.717, 1.165) is 79.4 Å². The minimum atomic E-state index is 1.05. The maximum Gasteiger partial charge on any atom is 0.0546 e. The molecule has 450 valence electrons. The lowest BCUT2D eigenvalue weighted by atomic mass is 9.98. The first-order valence-corrected chi connectivity index (χ1v) is 32.9. The third-order valence-corrected chi connectivity index (χ3v) is 19.3. The van der Waals surface area contributed by atoms with Gasteiger partial charge in [0.2, 0.25) is 0 Å². The Hall–Kier alpha value is -12.8. The fraction of sp³-hybridized carbons (Fsp3) is 0. The van der Waals surface area contributed by atoms with Crippen LogP contribution >= 0.6 is 0 Å². The van der Waals surface area contributed by atoms with Crippen molar-refractivity contribution >= 4 is 154 Å². The highest BCUT2D eigenvalue weighted by atomic mass is 15.2. The molecule has 4 heteroatoms. The van der Waals surface area contributed by atoms with Crippen LogP contribution in [0.3, 0.4) is 0 Å². The summed E-state index contributed by atoms with van der Waals surface area (Å²) in [5, 5.41) is 19.3. The minimum Gasteiger partial charge on any atom is -0.310 e. The van der Waals surface area contributed by atoms with Crippen LogP contribution in [0.4, 0.5) is 68.2 Å². The van der Waals surface area contributed by atoms with Crippen LogP contribution in [0.5, 0.6) is 0 Å². The molecule has 0 atom stereocenters. The molecule has 0 fully saturated rings. The average Bonchev–Trinajstić information content (AvgIpc) is 0.763. The zero-order valence-corrected chi connectivity index (χ0v) is 52.6. The van der Waals surface area contributed by atoms with Gasteiger partial charge in [-0.05, 0) is 220 Å². The van der Waals surface area contributed by atoms with E-state index in [2.05, 4.69) is 396 Å². The monoisotopic (exact) mass is 1220 g/mol. The lowest BCUT2D eigenvalue weighted by molar-refractivity contribution is 1.26. The van der Waals surface area contributed by atoms with Crippen molar-refractivity contribution < 1.29 is 0 Å². The Bertz CT molecular complexity index is 5610. The second kappa shape index (κ2) is 23.7. The number of hydrogen-bond acceptors (Lipinski definition) is 4. The van der Waals surface area contributed by atoms with E-state index < -0.39 is 0 Å². The van der Waals surface area contributed by atoms with E-state index in [4.69, 9.17) is 0 Å². The first-order chi connectivity index (χ1) is 47.6. The van der Waals surface area contributed by atoms with Crippen LogP contribution in [0.1, 0.15) is 0 Å². The smallest absolute Gasteiger partial charge is 0.0546 e. The Morgan fingerprint density at radius 3 is 0.635 bits per heavy atom. The number of benzene rings is 18. The molecule has 0 saturated carbocycles. The molecule has 18 aromatic rings. The molecule has 0 unspecified atom stereocenters. The quantitative estimate of drug-likeness (QED) is 0.107. The Kier molecular flexibility index (Phi) is 13.8. The molecule has 0 bridgehead atoms. The summed E-state index contributed by atoms with van der Waals surface area (Å²) in [4.78, 5) is 9.62. The first-order valence-electron chi connectivity index (χ1n) is 32.9. The van der Waals surface area contributed by atoms with Crippen molar-refractivity contribution in [1.29, 1.82) is 0 Å². The highest BCUT2D eigenvalue weighted by molar-refractivity contribution is 6.16. The standard InChI is InChI=1S/C92H62N4/c1-5-21-69-57-81(45-37-63(69)17-1)93(77-49-53-79(54-50-77)95(83-47-39-65-19-3-7-23-71(65)59-83)91-61-73-25-9-11-27-85(73)87-29-13-15-31-89(87)91)75-41-33-67(34-42-75)68-35-43-76(44-36-68)94(82-46-38-64-18-2-6-22-70(64)58-82)78-51-55-80(56-52-78)96(84-48-40-66-20-4-8-24-72(66)60-84)92-62-74-26-10-12-28-86(74)88-30-14-16-32-90(88)92/h1-62H. The molecule has 0 spiro atoms. The van der Waals surface area contributed by atoms with Crippen molar-refractivity contribution in [2.75, 3.05) is 19.6 Å². The molecule has 96 heavy (non-hydrogen) atoms.